The topological polar surface area (TPSA) is 126 Å². The molecule has 9 heteroatoms. The highest BCUT2D eigenvalue weighted by Crippen LogP contribution is 2.28. The van der Waals surface area contributed by atoms with Crippen LogP contribution in [0.25, 0.3) is 0 Å². The van der Waals surface area contributed by atoms with Gasteiger partial charge in [0.1, 0.15) is 11.0 Å². The van der Waals surface area contributed by atoms with Crippen LogP contribution in [-0.4, -0.2) is 42.7 Å². The van der Waals surface area contributed by atoms with Gasteiger partial charge in [0.15, 0.2) is 0 Å². The first kappa shape index (κ1) is 23.8. The molecule has 0 bridgehead atoms. The Balaban J connectivity index is 2.17. The monoisotopic (exact) mass is 436 g/mol. The number of carbonyl (C=O) groups is 1. The molecule has 0 saturated heterocycles. The summed E-state index contributed by atoms with van der Waals surface area (Å²) in [5.74, 6) is -0.162. The first-order valence-corrected chi connectivity index (χ1v) is 11.4. The van der Waals surface area contributed by atoms with E-state index in [0.29, 0.717) is 23.6 Å². The van der Waals surface area contributed by atoms with E-state index in [0.717, 1.165) is 12.8 Å². The molecular formula is C21H28N2O6S. The van der Waals surface area contributed by atoms with Crippen LogP contribution in [0, 0.1) is 0 Å². The van der Waals surface area contributed by atoms with Crippen LogP contribution in [0.3, 0.4) is 0 Å². The molecule has 0 aliphatic carbocycles. The molecule has 1 amide bonds. The number of hydrogen-bond donors (Lipinski definition) is 3. The van der Waals surface area contributed by atoms with Crippen molar-refractivity contribution in [1.82, 2.24) is 9.71 Å². The van der Waals surface area contributed by atoms with Gasteiger partial charge in [-0.25, -0.2) is 13.1 Å². The van der Waals surface area contributed by atoms with Crippen LogP contribution in [0.1, 0.15) is 59.5 Å². The van der Waals surface area contributed by atoms with Gasteiger partial charge in [-0.15, -0.1) is 0 Å². The van der Waals surface area contributed by atoms with Gasteiger partial charge < -0.3 is 14.9 Å². The van der Waals surface area contributed by atoms with Crippen molar-refractivity contribution in [2.75, 3.05) is 13.2 Å². The number of unbranched alkanes of at least 4 members (excludes halogenated alkanes) is 1. The molecule has 0 aliphatic rings. The quantitative estimate of drug-likeness (QED) is 0.436. The smallest absolute Gasteiger partial charge is 0.266 e. The lowest BCUT2D eigenvalue weighted by Crippen LogP contribution is -2.34. The lowest BCUT2D eigenvalue weighted by Gasteiger charge is -2.19. The summed E-state index contributed by atoms with van der Waals surface area (Å²) in [4.78, 5) is 16.3. The van der Waals surface area contributed by atoms with Crippen molar-refractivity contribution in [3.63, 3.8) is 0 Å². The minimum Gasteiger partial charge on any atom is -0.494 e. The molecule has 2 aromatic rings. The van der Waals surface area contributed by atoms with Crippen molar-refractivity contribution in [3.8, 4) is 5.75 Å². The van der Waals surface area contributed by atoms with E-state index < -0.39 is 21.2 Å². The highest BCUT2D eigenvalue weighted by molar-refractivity contribution is 7.90. The van der Waals surface area contributed by atoms with Crippen LogP contribution in [0.2, 0.25) is 0 Å². The average molecular weight is 437 g/mol. The van der Waals surface area contributed by atoms with E-state index in [2.05, 4.69) is 16.6 Å². The summed E-state index contributed by atoms with van der Waals surface area (Å²) in [6, 6.07) is 9.56. The fourth-order valence-corrected chi connectivity index (χ4v) is 4.31. The summed E-state index contributed by atoms with van der Waals surface area (Å²) < 4.78 is 33.6. The van der Waals surface area contributed by atoms with Gasteiger partial charge in [-0.2, -0.15) is 0 Å². The van der Waals surface area contributed by atoms with Crippen molar-refractivity contribution in [2.24, 2.45) is 0 Å². The van der Waals surface area contributed by atoms with E-state index in [-0.39, 0.29) is 31.6 Å². The Bertz CT molecular complexity index is 898. The Kier molecular flexibility index (Phi) is 9.22. The largest absolute Gasteiger partial charge is 0.494 e. The Morgan fingerprint density at radius 3 is 2.43 bits per heavy atom. The number of aliphatic hydroxyl groups excluding tert-OH is 2. The fraction of sp³-hybridized carbons (Fsp3) is 0.429. The molecule has 30 heavy (non-hydrogen) atoms. The van der Waals surface area contributed by atoms with Crippen LogP contribution in [0.15, 0.2) is 42.6 Å². The van der Waals surface area contributed by atoms with E-state index >= 15 is 0 Å². The number of amides is 1. The van der Waals surface area contributed by atoms with Crippen LogP contribution in [0.5, 0.6) is 5.75 Å². The summed E-state index contributed by atoms with van der Waals surface area (Å²) in [6.45, 7) is 2.21. The number of pyridine rings is 1. The number of nitrogens with one attached hydrogen (secondary N) is 1. The van der Waals surface area contributed by atoms with Gasteiger partial charge in [0.05, 0.1) is 24.5 Å². The van der Waals surface area contributed by atoms with Crippen LogP contribution in [-0.2, 0) is 16.6 Å². The van der Waals surface area contributed by atoms with Gasteiger partial charge in [0.2, 0.25) is 10.0 Å². The van der Waals surface area contributed by atoms with Crippen LogP contribution < -0.4 is 9.46 Å². The molecule has 0 radical (unpaired) electrons. The van der Waals surface area contributed by atoms with Crippen LogP contribution >= 0.6 is 0 Å². The number of aromatic nitrogens is 1. The number of rotatable bonds is 12. The predicted molar refractivity (Wildman–Crippen MR) is 112 cm³/mol. The molecule has 1 heterocycles. The van der Waals surface area contributed by atoms with Gasteiger partial charge in [-0.1, -0.05) is 25.5 Å². The molecule has 1 atom stereocenters. The average Bonchev–Trinajstić information content (AvgIpc) is 2.74. The second-order valence-electron chi connectivity index (χ2n) is 6.80. The molecule has 1 aromatic heterocycles. The molecule has 2 rings (SSSR count). The van der Waals surface area contributed by atoms with Gasteiger partial charge >= 0.3 is 0 Å². The molecule has 0 spiro atoms. The zero-order valence-electron chi connectivity index (χ0n) is 17.0. The summed E-state index contributed by atoms with van der Waals surface area (Å²) in [5, 5.41) is 17.2. The van der Waals surface area contributed by atoms with E-state index in [4.69, 9.17) is 9.84 Å². The van der Waals surface area contributed by atoms with E-state index in [9.17, 15) is 18.3 Å². The van der Waals surface area contributed by atoms with Crippen molar-refractivity contribution in [3.05, 3.63) is 59.4 Å². The molecule has 1 unspecified atom stereocenters. The third-order valence-corrected chi connectivity index (χ3v) is 6.23. The van der Waals surface area contributed by atoms with Gasteiger partial charge in [-0.05, 0) is 49.1 Å². The molecule has 8 nitrogen and oxygen atoms in total. The number of carbonyl (C=O) groups excluding carboxylic acids is 1. The normalized spacial score (nSPS) is 12.4. The molecule has 0 saturated carbocycles. The molecule has 1 aromatic carbocycles. The first-order chi connectivity index (χ1) is 14.4. The Hall–Kier alpha value is -2.49. The Morgan fingerprint density at radius 1 is 1.13 bits per heavy atom. The lowest BCUT2D eigenvalue weighted by atomic mass is 10.1. The second kappa shape index (κ2) is 11.6. The number of hydrogen-bond acceptors (Lipinski definition) is 7. The molecule has 0 fully saturated rings. The fourth-order valence-electron chi connectivity index (χ4n) is 2.80. The Morgan fingerprint density at radius 2 is 1.87 bits per heavy atom. The van der Waals surface area contributed by atoms with Crippen molar-refractivity contribution >= 4 is 15.9 Å². The second-order valence-corrected chi connectivity index (χ2v) is 8.66. The maximum Gasteiger partial charge on any atom is 0.266 e. The number of sulfonamides is 1. The number of nitrogens with zero attached hydrogens (tertiary/aromatic N) is 1. The summed E-state index contributed by atoms with van der Waals surface area (Å²) in [7, 11) is -4.07. The van der Waals surface area contributed by atoms with Gasteiger partial charge in [-0.3, -0.25) is 9.78 Å². The van der Waals surface area contributed by atoms with Gasteiger partial charge in [0, 0.05) is 12.8 Å². The van der Waals surface area contributed by atoms with Gasteiger partial charge in [0.25, 0.3) is 5.91 Å². The molecule has 164 valence electrons. The van der Waals surface area contributed by atoms with E-state index in [1.54, 1.807) is 24.3 Å². The summed E-state index contributed by atoms with van der Waals surface area (Å²) >= 11 is 0. The zero-order valence-corrected chi connectivity index (χ0v) is 17.8. The predicted octanol–water partition coefficient (Wildman–Crippen LogP) is 2.33. The number of aliphatic hydroxyl groups is 2. The maximum atomic E-state index is 12.9. The molecule has 0 aliphatic heterocycles. The van der Waals surface area contributed by atoms with Crippen molar-refractivity contribution in [1.29, 1.82) is 0 Å². The summed E-state index contributed by atoms with van der Waals surface area (Å²) in [6.07, 6.45) is 3.56. The molecule has 3 N–H and O–H groups in total. The Labute approximate surface area is 177 Å². The van der Waals surface area contributed by atoms with E-state index in [1.807, 2.05) is 0 Å². The first-order valence-electron chi connectivity index (χ1n) is 9.86. The zero-order chi connectivity index (χ0) is 22.0. The highest BCUT2D eigenvalue weighted by atomic mass is 32.2. The number of ether oxygens (including phenoxy) is 1. The highest BCUT2D eigenvalue weighted by Gasteiger charge is 2.29. The SMILES string of the molecule is CCCCOc1ccc(C(CCCO)S(=O)(=O)NC(=O)c2ccc(CO)nc2)cc1. The molecular weight excluding hydrogens is 408 g/mol. The minimum absolute atomic E-state index is 0.0661. The van der Waals surface area contributed by atoms with E-state index in [1.165, 1.54) is 18.3 Å². The summed E-state index contributed by atoms with van der Waals surface area (Å²) in [5.41, 5.74) is 0.938. The van der Waals surface area contributed by atoms with Crippen LogP contribution in [0.4, 0.5) is 0 Å². The minimum atomic E-state index is -4.07. The standard InChI is InChI=1S/C21H28N2O6S/c1-2-3-13-29-19-10-7-16(8-11-19)20(5-4-12-24)30(27,28)23-21(26)17-6-9-18(15-25)22-14-17/h6-11,14,20,24-25H,2-5,12-13,15H2,1H3,(H,23,26). The third-order valence-electron chi connectivity index (χ3n) is 4.50. The third kappa shape index (κ3) is 6.79. The van der Waals surface area contributed by atoms with Crippen molar-refractivity contribution in [2.45, 2.75) is 44.5 Å². The number of benzene rings is 1. The van der Waals surface area contributed by atoms with Crippen molar-refractivity contribution < 1.29 is 28.2 Å². The lowest BCUT2D eigenvalue weighted by molar-refractivity contribution is 0.0980. The maximum absolute atomic E-state index is 12.9.